The maximum atomic E-state index is 10.8. The zero-order chi connectivity index (χ0) is 18.9. The summed E-state index contributed by atoms with van der Waals surface area (Å²) in [5.74, 6) is -0.952. The van der Waals surface area contributed by atoms with Crippen LogP contribution < -0.4 is 5.32 Å². The van der Waals surface area contributed by atoms with Gasteiger partial charge in [0.05, 0.1) is 12.8 Å². The van der Waals surface area contributed by atoms with Crippen molar-refractivity contribution in [2.24, 2.45) is 5.92 Å². The van der Waals surface area contributed by atoms with Gasteiger partial charge in [0.2, 0.25) is 0 Å². The van der Waals surface area contributed by atoms with E-state index in [2.05, 4.69) is 19.2 Å². The molecule has 0 spiro atoms. The number of carboxylic acid groups (broad SMARTS) is 2. The van der Waals surface area contributed by atoms with E-state index in [1.54, 1.807) is 0 Å². The molecule has 25 heavy (non-hydrogen) atoms. The molecule has 0 aromatic heterocycles. The van der Waals surface area contributed by atoms with Crippen LogP contribution in [-0.2, 0) is 14.3 Å². The molecule has 6 nitrogen and oxygen atoms in total. The maximum Gasteiger partial charge on any atom is 0.304 e. The highest BCUT2D eigenvalue weighted by Gasteiger charge is 2.12. The predicted octanol–water partition coefficient (Wildman–Crippen LogP) is 3.69. The van der Waals surface area contributed by atoms with Crippen LogP contribution in [-0.4, -0.2) is 48.0 Å². The topological polar surface area (TPSA) is 95.9 Å². The standard InChI is InChI=1S/C19H37NO5/c1-16(2)9-6-4-3-5-7-13-25-14-8-10-17(15-19(23)24)20-12-11-18(21)22/h16-17,20H,3-15H2,1-2H3,(H,21,22)(H,23,24). The van der Waals surface area contributed by atoms with Gasteiger partial charge in [0.1, 0.15) is 0 Å². The van der Waals surface area contributed by atoms with Crippen LogP contribution in [0.4, 0.5) is 0 Å². The maximum absolute atomic E-state index is 10.8. The minimum atomic E-state index is -0.880. The first-order valence-electron chi connectivity index (χ1n) is 9.66. The molecule has 0 rings (SSSR count). The Morgan fingerprint density at radius 1 is 0.880 bits per heavy atom. The van der Waals surface area contributed by atoms with E-state index in [1.165, 1.54) is 32.1 Å². The third kappa shape index (κ3) is 19.0. The molecule has 0 radical (unpaired) electrons. The highest BCUT2D eigenvalue weighted by Crippen LogP contribution is 2.10. The van der Waals surface area contributed by atoms with Crippen LogP contribution in [0.5, 0.6) is 0 Å². The van der Waals surface area contributed by atoms with Gasteiger partial charge in [-0.15, -0.1) is 0 Å². The lowest BCUT2D eigenvalue weighted by Crippen LogP contribution is -2.33. The van der Waals surface area contributed by atoms with Gasteiger partial charge in [-0.3, -0.25) is 9.59 Å². The van der Waals surface area contributed by atoms with Gasteiger partial charge in [-0.25, -0.2) is 0 Å². The normalized spacial score (nSPS) is 12.4. The van der Waals surface area contributed by atoms with Crippen molar-refractivity contribution >= 4 is 11.9 Å². The zero-order valence-electron chi connectivity index (χ0n) is 16.0. The third-order valence-corrected chi connectivity index (χ3v) is 4.10. The monoisotopic (exact) mass is 359 g/mol. The van der Waals surface area contributed by atoms with Crippen molar-refractivity contribution in [3.63, 3.8) is 0 Å². The Morgan fingerprint density at radius 3 is 2.16 bits per heavy atom. The Kier molecular flexibility index (Phi) is 15.6. The van der Waals surface area contributed by atoms with Crippen molar-refractivity contribution in [3.05, 3.63) is 0 Å². The van der Waals surface area contributed by atoms with Gasteiger partial charge in [0, 0.05) is 25.8 Å². The third-order valence-electron chi connectivity index (χ3n) is 4.10. The van der Waals surface area contributed by atoms with Gasteiger partial charge < -0.3 is 20.3 Å². The van der Waals surface area contributed by atoms with Crippen LogP contribution in [0.3, 0.4) is 0 Å². The highest BCUT2D eigenvalue weighted by molar-refractivity contribution is 5.68. The quantitative estimate of drug-likeness (QED) is 0.323. The first-order chi connectivity index (χ1) is 11.9. The Labute approximate surface area is 152 Å². The lowest BCUT2D eigenvalue weighted by atomic mass is 10.0. The Balaban J connectivity index is 3.54. The average Bonchev–Trinajstić information content (AvgIpc) is 2.51. The average molecular weight is 360 g/mol. The van der Waals surface area contributed by atoms with E-state index in [9.17, 15) is 9.59 Å². The first-order valence-corrected chi connectivity index (χ1v) is 9.66. The van der Waals surface area contributed by atoms with Crippen molar-refractivity contribution in [3.8, 4) is 0 Å². The number of nitrogens with one attached hydrogen (secondary N) is 1. The molecule has 0 aromatic carbocycles. The molecule has 0 saturated carbocycles. The van der Waals surface area contributed by atoms with Crippen LogP contribution >= 0.6 is 0 Å². The van der Waals surface area contributed by atoms with Gasteiger partial charge in [-0.05, 0) is 25.2 Å². The number of carbonyl (C=O) groups is 2. The van der Waals surface area contributed by atoms with Gasteiger partial charge in [-0.1, -0.05) is 46.0 Å². The SMILES string of the molecule is CC(C)CCCCCCCOCCCC(CC(=O)O)NCCC(=O)O. The molecule has 3 N–H and O–H groups in total. The Morgan fingerprint density at radius 2 is 1.52 bits per heavy atom. The van der Waals surface area contributed by atoms with E-state index in [0.29, 0.717) is 19.6 Å². The minimum Gasteiger partial charge on any atom is -0.481 e. The van der Waals surface area contributed by atoms with Crippen molar-refractivity contribution in [1.29, 1.82) is 0 Å². The number of hydrogen-bond donors (Lipinski definition) is 3. The number of carboxylic acids is 2. The molecule has 0 aromatic rings. The summed E-state index contributed by atoms with van der Waals surface area (Å²) in [5.41, 5.74) is 0. The lowest BCUT2D eigenvalue weighted by molar-refractivity contribution is -0.137. The summed E-state index contributed by atoms with van der Waals surface area (Å²) in [7, 11) is 0. The minimum absolute atomic E-state index is 0.00376. The van der Waals surface area contributed by atoms with E-state index in [0.717, 1.165) is 25.4 Å². The zero-order valence-corrected chi connectivity index (χ0v) is 16.0. The molecule has 0 aliphatic rings. The second-order valence-electron chi connectivity index (χ2n) is 7.10. The van der Waals surface area contributed by atoms with Crippen LogP contribution in [0.25, 0.3) is 0 Å². The molecule has 148 valence electrons. The van der Waals surface area contributed by atoms with Crippen molar-refractivity contribution < 1.29 is 24.5 Å². The van der Waals surface area contributed by atoms with Crippen LogP contribution in [0.15, 0.2) is 0 Å². The van der Waals surface area contributed by atoms with Crippen LogP contribution in [0.2, 0.25) is 0 Å². The predicted molar refractivity (Wildman–Crippen MR) is 98.9 cm³/mol. The molecule has 0 amide bonds. The van der Waals surface area contributed by atoms with Crippen molar-refractivity contribution in [2.75, 3.05) is 19.8 Å². The highest BCUT2D eigenvalue weighted by atomic mass is 16.5. The fraction of sp³-hybridized carbons (Fsp3) is 0.895. The molecule has 0 saturated heterocycles. The number of ether oxygens (including phenoxy) is 1. The molecule has 1 atom stereocenters. The molecular weight excluding hydrogens is 322 g/mol. The molecule has 0 aliphatic carbocycles. The van der Waals surface area contributed by atoms with Gasteiger partial charge in [0.25, 0.3) is 0 Å². The summed E-state index contributed by atoms with van der Waals surface area (Å²) in [6.07, 6.45) is 8.97. The van der Waals surface area contributed by atoms with Crippen LogP contribution in [0.1, 0.15) is 78.1 Å². The van der Waals surface area contributed by atoms with E-state index < -0.39 is 11.9 Å². The smallest absolute Gasteiger partial charge is 0.304 e. The van der Waals surface area contributed by atoms with Gasteiger partial charge in [0.15, 0.2) is 0 Å². The largest absolute Gasteiger partial charge is 0.481 e. The van der Waals surface area contributed by atoms with E-state index in [4.69, 9.17) is 14.9 Å². The van der Waals surface area contributed by atoms with Crippen LogP contribution in [0, 0.1) is 5.92 Å². The summed E-state index contributed by atoms with van der Waals surface area (Å²) < 4.78 is 5.61. The number of hydrogen-bond acceptors (Lipinski definition) is 4. The summed E-state index contributed by atoms with van der Waals surface area (Å²) in [6.45, 7) is 6.21. The summed E-state index contributed by atoms with van der Waals surface area (Å²) in [5, 5.41) is 20.5. The van der Waals surface area contributed by atoms with Crippen molar-refractivity contribution in [1.82, 2.24) is 5.32 Å². The summed E-state index contributed by atoms with van der Waals surface area (Å²) in [6, 6.07) is -0.193. The molecule has 1 unspecified atom stereocenters. The molecule has 0 aliphatic heterocycles. The van der Waals surface area contributed by atoms with E-state index in [1.807, 2.05) is 0 Å². The molecule has 0 bridgehead atoms. The molecule has 0 heterocycles. The molecule has 0 fully saturated rings. The van der Waals surface area contributed by atoms with Gasteiger partial charge in [-0.2, -0.15) is 0 Å². The van der Waals surface area contributed by atoms with Crippen molar-refractivity contribution in [2.45, 2.75) is 84.1 Å². The molecular formula is C19H37NO5. The first kappa shape index (κ1) is 23.9. The van der Waals surface area contributed by atoms with E-state index >= 15 is 0 Å². The number of rotatable bonds is 18. The van der Waals surface area contributed by atoms with E-state index in [-0.39, 0.29) is 18.9 Å². The number of unbranched alkanes of at least 4 members (excludes halogenated alkanes) is 4. The summed E-state index contributed by atoms with van der Waals surface area (Å²) in [4.78, 5) is 21.3. The lowest BCUT2D eigenvalue weighted by Gasteiger charge is -2.16. The fourth-order valence-electron chi connectivity index (χ4n) is 2.69. The van der Waals surface area contributed by atoms with Gasteiger partial charge >= 0.3 is 11.9 Å². The molecule has 6 heteroatoms. The summed E-state index contributed by atoms with van der Waals surface area (Å²) >= 11 is 0. The number of aliphatic carboxylic acids is 2. The second kappa shape index (κ2) is 16.3. The Bertz CT molecular complexity index is 347. The Hall–Kier alpha value is -1.14. The second-order valence-corrected chi connectivity index (χ2v) is 7.10. The fourth-order valence-corrected chi connectivity index (χ4v) is 2.69.